The van der Waals surface area contributed by atoms with Crippen LogP contribution in [0.15, 0.2) is 89.1 Å². The van der Waals surface area contributed by atoms with Crippen LogP contribution in [-0.2, 0) is 0 Å². The van der Waals surface area contributed by atoms with Gasteiger partial charge in [0.1, 0.15) is 0 Å². The fourth-order valence-corrected chi connectivity index (χ4v) is 2.81. The second kappa shape index (κ2) is 7.21. The molecule has 3 aromatic carbocycles. The number of nitrogens with zero attached hydrogens (tertiary/aromatic N) is 3. The van der Waals surface area contributed by atoms with Crippen molar-refractivity contribution in [1.82, 2.24) is 4.90 Å². The number of imide groups is 1. The molecule has 0 saturated heterocycles. The summed E-state index contributed by atoms with van der Waals surface area (Å²) in [6.45, 7) is 0.108. The molecule has 0 saturated carbocycles. The van der Waals surface area contributed by atoms with Gasteiger partial charge in [0.05, 0.1) is 29.2 Å². The van der Waals surface area contributed by atoms with Crippen LogP contribution in [0, 0.1) is 0 Å². The van der Waals surface area contributed by atoms with Gasteiger partial charge in [-0.3, -0.25) is 14.5 Å². The molecule has 4 rings (SSSR count). The lowest BCUT2D eigenvalue weighted by Gasteiger charge is -2.15. The number of amides is 2. The zero-order valence-corrected chi connectivity index (χ0v) is 14.4. The Hall–Kier alpha value is -3.80. The number of rotatable bonds is 5. The zero-order valence-electron chi connectivity index (χ0n) is 14.4. The van der Waals surface area contributed by atoms with Crippen LogP contribution in [0.1, 0.15) is 20.7 Å². The topological polar surface area (TPSA) is 74.1 Å². The van der Waals surface area contributed by atoms with Crippen LogP contribution >= 0.6 is 0 Å². The summed E-state index contributed by atoms with van der Waals surface area (Å²) in [4.78, 5) is 25.9. The molecule has 0 aromatic heterocycles. The van der Waals surface area contributed by atoms with Gasteiger partial charge in [0.25, 0.3) is 11.8 Å². The van der Waals surface area contributed by atoms with Crippen LogP contribution in [0.25, 0.3) is 0 Å². The molecule has 0 atom stereocenters. The standard InChI is InChI=1S/C21H16N4O2/c26-20-18-8-4-5-9-19(18)21(27)25(20)14-22-15-10-12-17(13-11-15)24-23-16-6-2-1-3-7-16/h1-13,22H,14H2. The maximum Gasteiger partial charge on any atom is 0.263 e. The first-order valence-corrected chi connectivity index (χ1v) is 8.48. The van der Waals surface area contributed by atoms with E-state index in [2.05, 4.69) is 15.5 Å². The third kappa shape index (κ3) is 3.46. The van der Waals surface area contributed by atoms with Crippen LogP contribution in [0.3, 0.4) is 0 Å². The quantitative estimate of drug-likeness (QED) is 0.529. The number of anilines is 1. The largest absolute Gasteiger partial charge is 0.367 e. The van der Waals surface area contributed by atoms with Gasteiger partial charge < -0.3 is 5.32 Å². The summed E-state index contributed by atoms with van der Waals surface area (Å²) in [5.41, 5.74) is 3.17. The Morgan fingerprint density at radius 2 is 1.19 bits per heavy atom. The molecule has 1 aliphatic rings. The highest BCUT2D eigenvalue weighted by Crippen LogP contribution is 2.23. The molecule has 0 unspecified atom stereocenters. The van der Waals surface area contributed by atoms with Crippen molar-refractivity contribution in [2.24, 2.45) is 10.2 Å². The van der Waals surface area contributed by atoms with Gasteiger partial charge >= 0.3 is 0 Å². The molecular weight excluding hydrogens is 340 g/mol. The SMILES string of the molecule is O=C1c2ccccc2C(=O)N1CNc1ccc(N=Nc2ccccc2)cc1. The molecule has 0 aliphatic carbocycles. The summed E-state index contributed by atoms with van der Waals surface area (Å²) >= 11 is 0. The molecule has 6 nitrogen and oxygen atoms in total. The van der Waals surface area contributed by atoms with E-state index >= 15 is 0 Å². The fourth-order valence-electron chi connectivity index (χ4n) is 2.81. The van der Waals surface area contributed by atoms with Crippen LogP contribution < -0.4 is 5.32 Å². The van der Waals surface area contributed by atoms with Gasteiger partial charge in [-0.1, -0.05) is 30.3 Å². The Morgan fingerprint density at radius 3 is 1.78 bits per heavy atom. The second-order valence-corrected chi connectivity index (χ2v) is 6.00. The predicted octanol–water partition coefficient (Wildman–Crippen LogP) is 4.77. The minimum atomic E-state index is -0.281. The maximum absolute atomic E-state index is 12.3. The third-order valence-electron chi connectivity index (χ3n) is 4.22. The molecule has 3 aromatic rings. The van der Waals surface area contributed by atoms with Crippen molar-refractivity contribution >= 4 is 28.9 Å². The number of nitrogens with one attached hydrogen (secondary N) is 1. The minimum absolute atomic E-state index is 0.108. The average molecular weight is 356 g/mol. The van der Waals surface area contributed by atoms with Gasteiger partial charge in [0.2, 0.25) is 0 Å². The van der Waals surface area contributed by atoms with Crippen molar-refractivity contribution < 1.29 is 9.59 Å². The fraction of sp³-hybridized carbons (Fsp3) is 0.0476. The molecule has 27 heavy (non-hydrogen) atoms. The molecule has 1 N–H and O–H groups in total. The van der Waals surface area contributed by atoms with Crippen molar-refractivity contribution in [3.8, 4) is 0 Å². The molecule has 1 heterocycles. The molecule has 2 amide bonds. The van der Waals surface area contributed by atoms with Crippen molar-refractivity contribution in [3.63, 3.8) is 0 Å². The molecular formula is C21H16N4O2. The summed E-state index contributed by atoms with van der Waals surface area (Å²) in [5.74, 6) is -0.562. The lowest BCUT2D eigenvalue weighted by Crippen LogP contribution is -2.34. The number of azo groups is 1. The van der Waals surface area contributed by atoms with Gasteiger partial charge in [-0.2, -0.15) is 10.2 Å². The van der Waals surface area contributed by atoms with E-state index in [1.807, 2.05) is 54.6 Å². The summed E-state index contributed by atoms with van der Waals surface area (Å²) in [6, 6.07) is 23.6. The summed E-state index contributed by atoms with van der Waals surface area (Å²) in [5, 5.41) is 11.4. The van der Waals surface area contributed by atoms with E-state index in [-0.39, 0.29) is 18.5 Å². The normalized spacial score (nSPS) is 13.3. The molecule has 0 radical (unpaired) electrons. The lowest BCUT2D eigenvalue weighted by atomic mass is 10.1. The van der Waals surface area contributed by atoms with E-state index in [1.165, 1.54) is 4.90 Å². The van der Waals surface area contributed by atoms with Crippen molar-refractivity contribution in [1.29, 1.82) is 0 Å². The van der Waals surface area contributed by atoms with Gasteiger partial charge in [0.15, 0.2) is 0 Å². The molecule has 0 fully saturated rings. The van der Waals surface area contributed by atoms with Crippen molar-refractivity contribution in [2.75, 3.05) is 12.0 Å². The lowest BCUT2D eigenvalue weighted by molar-refractivity contribution is 0.0666. The van der Waals surface area contributed by atoms with E-state index in [1.54, 1.807) is 24.3 Å². The number of fused-ring (bicyclic) bond motifs is 1. The molecule has 6 heteroatoms. The van der Waals surface area contributed by atoms with Gasteiger partial charge in [-0.25, -0.2) is 0 Å². The van der Waals surface area contributed by atoms with E-state index in [4.69, 9.17) is 0 Å². The Balaban J connectivity index is 1.39. The molecule has 0 spiro atoms. The summed E-state index contributed by atoms with van der Waals surface area (Å²) in [7, 11) is 0. The number of carbonyl (C=O) groups excluding carboxylic acids is 2. The summed E-state index contributed by atoms with van der Waals surface area (Å²) in [6.07, 6.45) is 0. The van der Waals surface area contributed by atoms with E-state index in [0.29, 0.717) is 16.8 Å². The number of hydrogen-bond donors (Lipinski definition) is 1. The smallest absolute Gasteiger partial charge is 0.263 e. The Labute approximate surface area is 156 Å². The van der Waals surface area contributed by atoms with E-state index in [9.17, 15) is 9.59 Å². The Kier molecular flexibility index (Phi) is 4.45. The van der Waals surface area contributed by atoms with Crippen LogP contribution in [0.5, 0.6) is 0 Å². The Morgan fingerprint density at radius 1 is 0.667 bits per heavy atom. The average Bonchev–Trinajstić information content (AvgIpc) is 2.97. The third-order valence-corrected chi connectivity index (χ3v) is 4.22. The van der Waals surface area contributed by atoms with Gasteiger partial charge in [-0.15, -0.1) is 0 Å². The second-order valence-electron chi connectivity index (χ2n) is 6.00. The maximum atomic E-state index is 12.3. The minimum Gasteiger partial charge on any atom is -0.367 e. The Bertz CT molecular complexity index is 979. The van der Waals surface area contributed by atoms with Gasteiger partial charge in [0, 0.05) is 5.69 Å². The monoisotopic (exact) mass is 356 g/mol. The van der Waals surface area contributed by atoms with Crippen molar-refractivity contribution in [2.45, 2.75) is 0 Å². The zero-order chi connectivity index (χ0) is 18.6. The van der Waals surface area contributed by atoms with E-state index < -0.39 is 0 Å². The predicted molar refractivity (Wildman–Crippen MR) is 102 cm³/mol. The number of carbonyl (C=O) groups is 2. The number of benzene rings is 3. The highest BCUT2D eigenvalue weighted by atomic mass is 16.2. The van der Waals surface area contributed by atoms with E-state index in [0.717, 1.165) is 11.4 Å². The summed E-state index contributed by atoms with van der Waals surface area (Å²) < 4.78 is 0. The van der Waals surface area contributed by atoms with Crippen LogP contribution in [0.2, 0.25) is 0 Å². The first kappa shape index (κ1) is 16.7. The van der Waals surface area contributed by atoms with Crippen molar-refractivity contribution in [3.05, 3.63) is 90.0 Å². The first-order valence-electron chi connectivity index (χ1n) is 8.48. The molecule has 1 aliphatic heterocycles. The van der Waals surface area contributed by atoms with Gasteiger partial charge in [-0.05, 0) is 48.5 Å². The highest BCUT2D eigenvalue weighted by molar-refractivity contribution is 6.21. The van der Waals surface area contributed by atoms with Crippen LogP contribution in [0.4, 0.5) is 17.1 Å². The number of hydrogen-bond acceptors (Lipinski definition) is 5. The first-order chi connectivity index (χ1) is 13.2. The molecule has 132 valence electrons. The molecule has 0 bridgehead atoms. The van der Waals surface area contributed by atoms with Crippen LogP contribution in [-0.4, -0.2) is 23.4 Å². The highest BCUT2D eigenvalue weighted by Gasteiger charge is 2.34.